The highest BCUT2D eigenvalue weighted by atomic mass is 32.2. The number of aromatic nitrogens is 1. The van der Waals surface area contributed by atoms with Gasteiger partial charge in [0.2, 0.25) is 5.91 Å². The number of carbonyl (C=O) groups excluding carboxylic acids is 1. The molecule has 0 bridgehead atoms. The number of rotatable bonds is 10. The summed E-state index contributed by atoms with van der Waals surface area (Å²) in [6, 6.07) is 11.3. The molecule has 1 heterocycles. The Balaban J connectivity index is 1.72. The van der Waals surface area contributed by atoms with Gasteiger partial charge in [0, 0.05) is 6.04 Å². The smallest absolute Gasteiger partial charge is 0.262 e. The van der Waals surface area contributed by atoms with Gasteiger partial charge in [0.05, 0.1) is 23.4 Å². The minimum Gasteiger partial charge on any atom is -0.495 e. The zero-order valence-electron chi connectivity index (χ0n) is 17.5. The summed E-state index contributed by atoms with van der Waals surface area (Å²) < 4.78 is 39.0. The van der Waals surface area contributed by atoms with Crippen molar-refractivity contribution in [2.75, 3.05) is 17.6 Å². The van der Waals surface area contributed by atoms with Gasteiger partial charge in [-0.3, -0.25) is 9.52 Å². The molecule has 0 spiro atoms. The maximum Gasteiger partial charge on any atom is 0.262 e. The van der Waals surface area contributed by atoms with Crippen molar-refractivity contribution in [3.05, 3.63) is 42.5 Å². The van der Waals surface area contributed by atoms with Crippen molar-refractivity contribution in [3.63, 3.8) is 0 Å². The van der Waals surface area contributed by atoms with Gasteiger partial charge in [-0.25, -0.2) is 13.4 Å². The first-order valence-electron chi connectivity index (χ1n) is 9.81. The van der Waals surface area contributed by atoms with Gasteiger partial charge in [-0.05, 0) is 43.7 Å². The lowest BCUT2D eigenvalue weighted by molar-refractivity contribution is -0.119. The van der Waals surface area contributed by atoms with Gasteiger partial charge in [-0.1, -0.05) is 37.2 Å². The lowest BCUT2D eigenvalue weighted by atomic mass is 10.2. The van der Waals surface area contributed by atoms with Crippen molar-refractivity contribution in [1.29, 1.82) is 0 Å². The topological polar surface area (TPSA) is 111 Å². The van der Waals surface area contributed by atoms with Crippen LogP contribution in [0.1, 0.15) is 26.7 Å². The second-order valence-electron chi connectivity index (χ2n) is 6.96. The monoisotopic (exact) mass is 463 g/mol. The summed E-state index contributed by atoms with van der Waals surface area (Å²) >= 11 is 1.16. The number of thioether (sulfide) groups is 1. The van der Waals surface area contributed by atoms with Crippen LogP contribution in [0.4, 0.5) is 5.69 Å². The van der Waals surface area contributed by atoms with Crippen LogP contribution in [0.5, 0.6) is 5.75 Å². The second-order valence-corrected chi connectivity index (χ2v) is 9.57. The summed E-state index contributed by atoms with van der Waals surface area (Å²) in [7, 11) is -2.38. The molecule has 0 saturated heterocycles. The number of oxazole rings is 1. The molecule has 0 aliphatic carbocycles. The largest absolute Gasteiger partial charge is 0.495 e. The Morgan fingerprint density at radius 3 is 2.77 bits per heavy atom. The number of nitrogens with zero attached hydrogens (tertiary/aromatic N) is 1. The summed E-state index contributed by atoms with van der Waals surface area (Å²) in [5.74, 6) is 0.484. The Bertz CT molecular complexity index is 1160. The molecule has 0 radical (unpaired) electrons. The number of fused-ring (bicyclic) bond motifs is 1. The molecule has 8 nitrogen and oxygen atoms in total. The van der Waals surface area contributed by atoms with E-state index in [1.165, 1.54) is 19.2 Å². The number of benzene rings is 2. The summed E-state index contributed by atoms with van der Waals surface area (Å²) in [6.07, 6.45) is 1.91. The molecular weight excluding hydrogens is 438 g/mol. The van der Waals surface area contributed by atoms with E-state index in [2.05, 4.69) is 21.9 Å². The fourth-order valence-electron chi connectivity index (χ4n) is 3.00. The van der Waals surface area contributed by atoms with Crippen molar-refractivity contribution in [2.24, 2.45) is 0 Å². The van der Waals surface area contributed by atoms with Crippen LogP contribution in [-0.2, 0) is 14.8 Å². The summed E-state index contributed by atoms with van der Waals surface area (Å²) in [6.45, 7) is 4.03. The van der Waals surface area contributed by atoms with Crippen molar-refractivity contribution in [2.45, 2.75) is 42.8 Å². The Kier molecular flexibility index (Phi) is 7.45. The molecule has 166 valence electrons. The van der Waals surface area contributed by atoms with Crippen molar-refractivity contribution in [3.8, 4) is 5.75 Å². The molecule has 0 aliphatic rings. The predicted molar refractivity (Wildman–Crippen MR) is 121 cm³/mol. The zero-order chi connectivity index (χ0) is 22.4. The molecule has 2 N–H and O–H groups in total. The lowest BCUT2D eigenvalue weighted by Gasteiger charge is -2.11. The number of anilines is 1. The van der Waals surface area contributed by atoms with E-state index in [0.29, 0.717) is 27.8 Å². The molecule has 3 rings (SSSR count). The average Bonchev–Trinajstić information content (AvgIpc) is 3.15. The minimum atomic E-state index is -3.86. The van der Waals surface area contributed by atoms with E-state index >= 15 is 0 Å². The van der Waals surface area contributed by atoms with E-state index in [9.17, 15) is 13.2 Å². The molecule has 10 heteroatoms. The molecule has 3 aromatic rings. The maximum atomic E-state index is 12.8. The summed E-state index contributed by atoms with van der Waals surface area (Å²) in [4.78, 5) is 16.4. The molecule has 0 unspecified atom stereocenters. The van der Waals surface area contributed by atoms with Crippen LogP contribution in [-0.4, -0.2) is 38.2 Å². The van der Waals surface area contributed by atoms with E-state index in [1.807, 2.05) is 6.92 Å². The van der Waals surface area contributed by atoms with Crippen molar-refractivity contribution < 1.29 is 22.4 Å². The molecule has 2 aromatic carbocycles. The standard InChI is InChI=1S/C21H25N3O5S2/c1-4-7-14(2)22-20(25)13-30-21-23-17-12-15(10-11-19(17)29-21)31(26,27)24-16-8-5-6-9-18(16)28-3/h5-6,8-12,14,24H,4,7,13H2,1-3H3,(H,22,25)/t14-/m1/s1. The first kappa shape index (κ1) is 23.0. The van der Waals surface area contributed by atoms with Gasteiger partial charge in [-0.2, -0.15) is 0 Å². The molecule has 0 fully saturated rings. The molecule has 1 amide bonds. The van der Waals surface area contributed by atoms with Gasteiger partial charge in [-0.15, -0.1) is 0 Å². The van der Waals surface area contributed by atoms with Crippen LogP contribution < -0.4 is 14.8 Å². The van der Waals surface area contributed by atoms with Crippen LogP contribution in [0.15, 0.2) is 57.0 Å². The molecule has 31 heavy (non-hydrogen) atoms. The Morgan fingerprint density at radius 1 is 1.26 bits per heavy atom. The van der Waals surface area contributed by atoms with E-state index in [1.54, 1.807) is 30.3 Å². The number of sulfonamides is 1. The van der Waals surface area contributed by atoms with Crippen LogP contribution in [0.3, 0.4) is 0 Å². The number of methoxy groups -OCH3 is 1. The normalized spacial score (nSPS) is 12.5. The van der Waals surface area contributed by atoms with Crippen molar-refractivity contribution >= 4 is 44.5 Å². The maximum absolute atomic E-state index is 12.8. The van der Waals surface area contributed by atoms with Crippen LogP contribution in [0.2, 0.25) is 0 Å². The highest BCUT2D eigenvalue weighted by Gasteiger charge is 2.19. The third-order valence-electron chi connectivity index (χ3n) is 4.46. The van der Waals surface area contributed by atoms with Gasteiger partial charge >= 0.3 is 0 Å². The fraction of sp³-hybridized carbons (Fsp3) is 0.333. The third-order valence-corrected chi connectivity index (χ3v) is 6.65. The first-order chi connectivity index (χ1) is 14.8. The number of amides is 1. The molecule has 0 saturated carbocycles. The quantitative estimate of drug-likeness (QED) is 0.437. The predicted octanol–water partition coefficient (Wildman–Crippen LogP) is 4.03. The minimum absolute atomic E-state index is 0.0434. The summed E-state index contributed by atoms with van der Waals surface area (Å²) in [5.41, 5.74) is 1.17. The van der Waals surface area contributed by atoms with Gasteiger partial charge < -0.3 is 14.5 Å². The number of hydrogen-bond donors (Lipinski definition) is 2. The lowest BCUT2D eigenvalue weighted by Crippen LogP contribution is -2.33. The molecule has 0 aliphatic heterocycles. The summed E-state index contributed by atoms with van der Waals surface area (Å²) in [5, 5.41) is 3.23. The molecular formula is C21H25N3O5S2. The number of nitrogens with one attached hydrogen (secondary N) is 2. The van der Waals surface area contributed by atoms with Gasteiger partial charge in [0.25, 0.3) is 15.2 Å². The van der Waals surface area contributed by atoms with Crippen LogP contribution in [0, 0.1) is 0 Å². The van der Waals surface area contributed by atoms with Crippen LogP contribution in [0.25, 0.3) is 11.1 Å². The second kappa shape index (κ2) is 10.1. The average molecular weight is 464 g/mol. The molecule has 1 atom stereocenters. The van der Waals surface area contributed by atoms with E-state index in [4.69, 9.17) is 9.15 Å². The first-order valence-corrected chi connectivity index (χ1v) is 12.3. The Morgan fingerprint density at radius 2 is 2.03 bits per heavy atom. The highest BCUT2D eigenvalue weighted by Crippen LogP contribution is 2.29. The molecule has 1 aromatic heterocycles. The third kappa shape index (κ3) is 5.92. The number of carbonyl (C=O) groups is 1. The van der Waals surface area contributed by atoms with Gasteiger partial charge in [0.15, 0.2) is 5.58 Å². The number of ether oxygens (including phenoxy) is 1. The van der Waals surface area contributed by atoms with E-state index < -0.39 is 10.0 Å². The van der Waals surface area contributed by atoms with E-state index in [-0.39, 0.29) is 22.6 Å². The number of hydrogen-bond acceptors (Lipinski definition) is 7. The highest BCUT2D eigenvalue weighted by molar-refractivity contribution is 7.99. The Hall–Kier alpha value is -2.72. The van der Waals surface area contributed by atoms with Crippen molar-refractivity contribution in [1.82, 2.24) is 10.3 Å². The zero-order valence-corrected chi connectivity index (χ0v) is 19.2. The fourth-order valence-corrected chi connectivity index (χ4v) is 4.74. The number of para-hydroxylation sites is 2. The van der Waals surface area contributed by atoms with Crippen LogP contribution >= 0.6 is 11.8 Å². The van der Waals surface area contributed by atoms with E-state index in [0.717, 1.165) is 24.6 Å². The van der Waals surface area contributed by atoms with Gasteiger partial charge in [0.1, 0.15) is 11.3 Å². The SMILES string of the molecule is CCC[C@@H](C)NC(=O)CSc1nc2cc(S(=O)(=O)Nc3ccccc3OC)ccc2o1. The Labute approximate surface area is 185 Å².